The predicted octanol–water partition coefficient (Wildman–Crippen LogP) is 16.2. The number of allylic oxidation sites excluding steroid dienone is 4. The third-order valence-corrected chi connectivity index (χ3v) is 9.83. The van der Waals surface area contributed by atoms with Crippen molar-refractivity contribution in [2.45, 2.75) is 194 Å². The molecule has 0 saturated heterocycles. The molecule has 0 aliphatic heterocycles. The molecule has 2 nitrogen and oxygen atoms in total. The molecule has 0 aliphatic carbocycles. The normalized spacial score (nSPS) is 12.1. The monoisotopic (exact) mass is 739 g/mol. The third-order valence-electron chi connectivity index (χ3n) is 9.83. The second-order valence-corrected chi connectivity index (χ2v) is 14.5. The van der Waals surface area contributed by atoms with Crippen molar-refractivity contribution in [1.82, 2.24) is 0 Å². The van der Waals surface area contributed by atoms with Crippen LogP contribution in [0.4, 0.5) is 11.4 Å². The zero-order chi connectivity index (χ0) is 35.6. The minimum atomic E-state index is 0. The molecule has 0 bridgehead atoms. The Balaban J connectivity index is 0.0000130. The number of aliphatic imine (C=N–C) groups is 2. The SMILES string of the molecule is CCCCCCCCCCCC=CCCc1ccccc1N=CC(CCCC)=Nc1ccccc1CCC=CCCCCCCCCCCC.[Ni]. The Morgan fingerprint density at radius 3 is 1.33 bits per heavy atom. The molecule has 0 spiro atoms. The molecule has 2 rings (SSSR count). The topological polar surface area (TPSA) is 24.7 Å². The zero-order valence-corrected chi connectivity index (χ0v) is 34.3. The molecule has 0 atom stereocenters. The van der Waals surface area contributed by atoms with Gasteiger partial charge in [-0.2, -0.15) is 0 Å². The maximum absolute atomic E-state index is 5.19. The fourth-order valence-electron chi connectivity index (χ4n) is 6.58. The Kier molecular flexibility index (Phi) is 31.9. The summed E-state index contributed by atoms with van der Waals surface area (Å²) < 4.78 is 0. The minimum Gasteiger partial charge on any atom is -0.255 e. The van der Waals surface area contributed by atoms with Crippen molar-refractivity contribution in [3.63, 3.8) is 0 Å². The van der Waals surface area contributed by atoms with E-state index in [1.165, 1.54) is 140 Å². The van der Waals surface area contributed by atoms with Gasteiger partial charge in [0.2, 0.25) is 0 Å². The van der Waals surface area contributed by atoms with Crippen LogP contribution in [0.2, 0.25) is 0 Å². The molecule has 0 fully saturated rings. The summed E-state index contributed by atoms with van der Waals surface area (Å²) in [6, 6.07) is 17.4. The molecule has 0 saturated carbocycles. The minimum absolute atomic E-state index is 0. The van der Waals surface area contributed by atoms with Crippen molar-refractivity contribution in [2.24, 2.45) is 9.98 Å². The number of para-hydroxylation sites is 2. The van der Waals surface area contributed by atoms with E-state index in [2.05, 4.69) is 93.6 Å². The number of rotatable bonds is 32. The van der Waals surface area contributed by atoms with E-state index in [1.54, 1.807) is 0 Å². The molecule has 3 heteroatoms. The third kappa shape index (κ3) is 25.4. The van der Waals surface area contributed by atoms with Gasteiger partial charge in [0.05, 0.1) is 17.1 Å². The standard InChI is InChI=1S/C48H76N2.Ni/c1-4-7-10-12-14-16-18-20-22-24-26-28-30-36-44-38-32-34-41-47(44)49-43-46(40-9-6-3)50-48-42-35-33-39-45(48)37-31-29-27-25-23-21-19-17-15-13-11-8-5-2;/h26-29,32-35,38-39,41-43H,4-25,30-31,36-37,40H2,1-3H3;. The van der Waals surface area contributed by atoms with E-state index in [-0.39, 0.29) is 16.5 Å². The fraction of sp³-hybridized carbons (Fsp3) is 0.625. The molecular weight excluding hydrogens is 663 g/mol. The smallest absolute Gasteiger partial charge is 0.0665 e. The molecule has 288 valence electrons. The van der Waals surface area contributed by atoms with E-state index in [0.29, 0.717) is 0 Å². The molecule has 0 heterocycles. The number of unbranched alkanes of at least 4 members (excludes halogenated alkanes) is 19. The predicted molar refractivity (Wildman–Crippen MR) is 226 cm³/mol. The molecule has 51 heavy (non-hydrogen) atoms. The van der Waals surface area contributed by atoms with E-state index in [0.717, 1.165) is 62.0 Å². The summed E-state index contributed by atoms with van der Waals surface area (Å²) in [5, 5.41) is 0. The average molecular weight is 740 g/mol. The van der Waals surface area contributed by atoms with Gasteiger partial charge < -0.3 is 0 Å². The van der Waals surface area contributed by atoms with Crippen LogP contribution in [-0.4, -0.2) is 11.9 Å². The van der Waals surface area contributed by atoms with Crippen molar-refractivity contribution in [1.29, 1.82) is 0 Å². The number of aryl methyl sites for hydroxylation is 2. The Hall–Kier alpha value is -2.25. The van der Waals surface area contributed by atoms with Crippen LogP contribution >= 0.6 is 0 Å². The molecule has 0 amide bonds. The van der Waals surface area contributed by atoms with E-state index in [1.807, 2.05) is 6.21 Å². The Morgan fingerprint density at radius 1 is 0.451 bits per heavy atom. The van der Waals surface area contributed by atoms with Gasteiger partial charge in [0.1, 0.15) is 0 Å². The van der Waals surface area contributed by atoms with Crippen molar-refractivity contribution < 1.29 is 16.5 Å². The van der Waals surface area contributed by atoms with E-state index < -0.39 is 0 Å². The molecule has 0 aromatic heterocycles. The summed E-state index contributed by atoms with van der Waals surface area (Å²) in [6.07, 6.45) is 46.5. The maximum Gasteiger partial charge on any atom is 0.0665 e. The van der Waals surface area contributed by atoms with Crippen LogP contribution in [-0.2, 0) is 29.3 Å². The van der Waals surface area contributed by atoms with Crippen molar-refractivity contribution in [2.75, 3.05) is 0 Å². The number of hydrogen-bond donors (Lipinski definition) is 0. The zero-order valence-electron chi connectivity index (χ0n) is 33.3. The number of hydrogen-bond acceptors (Lipinski definition) is 2. The van der Waals surface area contributed by atoms with Crippen molar-refractivity contribution in [3.05, 3.63) is 84.0 Å². The van der Waals surface area contributed by atoms with Crippen LogP contribution < -0.4 is 0 Å². The van der Waals surface area contributed by atoms with Crippen LogP contribution in [0.15, 0.2) is 82.8 Å². The first-order valence-corrected chi connectivity index (χ1v) is 21.4. The summed E-state index contributed by atoms with van der Waals surface area (Å²) in [5.74, 6) is 0. The second kappa shape index (κ2) is 34.8. The van der Waals surface area contributed by atoms with Crippen LogP contribution in [0.1, 0.15) is 192 Å². The van der Waals surface area contributed by atoms with E-state index >= 15 is 0 Å². The Labute approximate surface area is 326 Å². The molecular formula is C48H76N2Ni. The first-order valence-electron chi connectivity index (χ1n) is 21.4. The first kappa shape index (κ1) is 46.8. The van der Waals surface area contributed by atoms with Crippen LogP contribution in [0, 0.1) is 0 Å². The summed E-state index contributed by atoms with van der Waals surface area (Å²) in [6.45, 7) is 6.84. The molecule has 2 aromatic carbocycles. The summed E-state index contributed by atoms with van der Waals surface area (Å²) in [7, 11) is 0. The summed E-state index contributed by atoms with van der Waals surface area (Å²) >= 11 is 0. The van der Waals surface area contributed by atoms with Gasteiger partial charge in [-0.15, -0.1) is 0 Å². The van der Waals surface area contributed by atoms with Gasteiger partial charge in [0.15, 0.2) is 0 Å². The van der Waals surface area contributed by atoms with Gasteiger partial charge in [-0.3, -0.25) is 9.98 Å². The first-order chi connectivity index (χ1) is 24.8. The van der Waals surface area contributed by atoms with Gasteiger partial charge >= 0.3 is 0 Å². The van der Waals surface area contributed by atoms with Crippen molar-refractivity contribution in [3.8, 4) is 0 Å². The summed E-state index contributed by atoms with van der Waals surface area (Å²) in [4.78, 5) is 10.2. The van der Waals surface area contributed by atoms with E-state index in [4.69, 9.17) is 9.98 Å². The Morgan fingerprint density at radius 2 is 0.843 bits per heavy atom. The number of benzene rings is 2. The van der Waals surface area contributed by atoms with Crippen LogP contribution in [0.3, 0.4) is 0 Å². The van der Waals surface area contributed by atoms with Gasteiger partial charge in [0, 0.05) is 22.7 Å². The van der Waals surface area contributed by atoms with Crippen LogP contribution in [0.25, 0.3) is 0 Å². The molecule has 2 aromatic rings. The molecule has 0 N–H and O–H groups in total. The molecule has 0 radical (unpaired) electrons. The average Bonchev–Trinajstić information content (AvgIpc) is 3.14. The van der Waals surface area contributed by atoms with Gasteiger partial charge in [-0.05, 0) is 87.5 Å². The van der Waals surface area contributed by atoms with Gasteiger partial charge in [-0.25, -0.2) is 0 Å². The fourth-order valence-corrected chi connectivity index (χ4v) is 6.58. The largest absolute Gasteiger partial charge is 0.255 e. The second-order valence-electron chi connectivity index (χ2n) is 14.5. The van der Waals surface area contributed by atoms with E-state index in [9.17, 15) is 0 Å². The molecule has 0 unspecified atom stereocenters. The molecule has 0 aliphatic rings. The van der Waals surface area contributed by atoms with Gasteiger partial charge in [0.25, 0.3) is 0 Å². The Bertz CT molecular complexity index is 1190. The van der Waals surface area contributed by atoms with Crippen molar-refractivity contribution >= 4 is 23.3 Å². The number of nitrogens with zero attached hydrogens (tertiary/aromatic N) is 2. The maximum atomic E-state index is 5.19. The summed E-state index contributed by atoms with van der Waals surface area (Å²) in [5.41, 5.74) is 5.91. The quantitative estimate of drug-likeness (QED) is 0.0309. The van der Waals surface area contributed by atoms with Crippen LogP contribution in [0.5, 0.6) is 0 Å². The van der Waals surface area contributed by atoms with Gasteiger partial charge in [-0.1, -0.05) is 191 Å².